The van der Waals surface area contributed by atoms with Gasteiger partial charge in [0.15, 0.2) is 5.82 Å². The lowest BCUT2D eigenvalue weighted by Crippen LogP contribution is -2.06. The van der Waals surface area contributed by atoms with Crippen LogP contribution in [0.5, 0.6) is 0 Å². The van der Waals surface area contributed by atoms with E-state index in [1.807, 2.05) is 12.1 Å². The standard InChI is InChI=1S/C10H9Cl2N5/c11-5-8-15-9(13)17-10(16-8)14-7-3-1-2-6(12)4-7/h1-4H,5H2,(H3,13,14,15,16,17). The first kappa shape index (κ1) is 11.9. The van der Waals surface area contributed by atoms with E-state index in [1.54, 1.807) is 12.1 Å². The zero-order valence-electron chi connectivity index (χ0n) is 8.69. The quantitative estimate of drug-likeness (QED) is 0.838. The average Bonchev–Trinajstić information content (AvgIpc) is 2.28. The molecule has 0 atom stereocenters. The number of aromatic nitrogens is 3. The second kappa shape index (κ2) is 5.16. The fraction of sp³-hybridized carbons (Fsp3) is 0.100. The summed E-state index contributed by atoms with van der Waals surface area (Å²) in [4.78, 5) is 11.9. The second-order valence-corrected chi connectivity index (χ2v) is 3.91. The molecule has 88 valence electrons. The molecule has 0 saturated heterocycles. The van der Waals surface area contributed by atoms with Crippen molar-refractivity contribution < 1.29 is 0 Å². The van der Waals surface area contributed by atoms with Crippen molar-refractivity contribution in [2.75, 3.05) is 11.1 Å². The number of benzene rings is 1. The van der Waals surface area contributed by atoms with Crippen LogP contribution in [0.1, 0.15) is 5.82 Å². The molecule has 0 aliphatic carbocycles. The fourth-order valence-corrected chi connectivity index (χ4v) is 1.56. The fourth-order valence-electron chi connectivity index (χ4n) is 1.25. The first-order valence-corrected chi connectivity index (χ1v) is 5.67. The van der Waals surface area contributed by atoms with Crippen LogP contribution in [-0.4, -0.2) is 15.0 Å². The minimum atomic E-state index is 0.125. The van der Waals surface area contributed by atoms with E-state index in [-0.39, 0.29) is 11.8 Å². The number of hydrogen-bond donors (Lipinski definition) is 2. The van der Waals surface area contributed by atoms with Gasteiger partial charge in [0.25, 0.3) is 0 Å². The van der Waals surface area contributed by atoms with E-state index in [1.165, 1.54) is 0 Å². The van der Waals surface area contributed by atoms with Gasteiger partial charge in [-0.15, -0.1) is 11.6 Å². The van der Waals surface area contributed by atoms with Crippen molar-refractivity contribution in [2.24, 2.45) is 0 Å². The molecule has 1 heterocycles. The number of nitrogens with zero attached hydrogens (tertiary/aromatic N) is 3. The van der Waals surface area contributed by atoms with Crippen molar-refractivity contribution in [1.29, 1.82) is 0 Å². The SMILES string of the molecule is Nc1nc(CCl)nc(Nc2cccc(Cl)c2)n1. The smallest absolute Gasteiger partial charge is 0.232 e. The molecule has 0 fully saturated rings. The highest BCUT2D eigenvalue weighted by Crippen LogP contribution is 2.18. The summed E-state index contributed by atoms with van der Waals surface area (Å²) in [7, 11) is 0. The lowest BCUT2D eigenvalue weighted by Gasteiger charge is -2.06. The second-order valence-electron chi connectivity index (χ2n) is 3.20. The summed E-state index contributed by atoms with van der Waals surface area (Å²) in [5.74, 6) is 1.07. The number of nitrogens with one attached hydrogen (secondary N) is 1. The number of nitrogen functional groups attached to an aromatic ring is 1. The van der Waals surface area contributed by atoms with Crippen LogP contribution in [0.25, 0.3) is 0 Å². The number of anilines is 3. The highest BCUT2D eigenvalue weighted by Gasteiger charge is 2.04. The Balaban J connectivity index is 2.26. The molecular weight excluding hydrogens is 261 g/mol. The average molecular weight is 270 g/mol. The van der Waals surface area contributed by atoms with E-state index in [4.69, 9.17) is 28.9 Å². The van der Waals surface area contributed by atoms with Crippen molar-refractivity contribution in [3.63, 3.8) is 0 Å². The Morgan fingerprint density at radius 3 is 2.76 bits per heavy atom. The minimum Gasteiger partial charge on any atom is -0.368 e. The van der Waals surface area contributed by atoms with Gasteiger partial charge in [0.05, 0.1) is 5.88 Å². The highest BCUT2D eigenvalue weighted by atomic mass is 35.5. The van der Waals surface area contributed by atoms with Crippen LogP contribution in [0.3, 0.4) is 0 Å². The van der Waals surface area contributed by atoms with Crippen LogP contribution >= 0.6 is 23.2 Å². The summed E-state index contributed by atoms with van der Waals surface area (Å²) in [6.07, 6.45) is 0. The van der Waals surface area contributed by atoms with Crippen molar-refractivity contribution in [1.82, 2.24) is 15.0 Å². The number of rotatable bonds is 3. The summed E-state index contributed by atoms with van der Waals surface area (Å²) >= 11 is 11.5. The van der Waals surface area contributed by atoms with Crippen LogP contribution in [0.2, 0.25) is 5.02 Å². The van der Waals surface area contributed by atoms with E-state index in [2.05, 4.69) is 20.3 Å². The molecule has 0 spiro atoms. The Bertz CT molecular complexity index is 532. The zero-order chi connectivity index (χ0) is 12.3. The van der Waals surface area contributed by atoms with Crippen LogP contribution in [-0.2, 0) is 5.88 Å². The molecule has 3 N–H and O–H groups in total. The molecule has 2 aromatic rings. The third-order valence-electron chi connectivity index (χ3n) is 1.90. The van der Waals surface area contributed by atoms with E-state index >= 15 is 0 Å². The normalized spacial score (nSPS) is 10.2. The topological polar surface area (TPSA) is 76.7 Å². The number of halogens is 2. The monoisotopic (exact) mass is 269 g/mol. The zero-order valence-corrected chi connectivity index (χ0v) is 10.2. The molecule has 2 rings (SSSR count). The molecule has 0 aliphatic rings. The van der Waals surface area contributed by atoms with Gasteiger partial charge in [-0.05, 0) is 18.2 Å². The predicted molar refractivity (Wildman–Crippen MR) is 68.5 cm³/mol. The predicted octanol–water partition coefficient (Wildman–Crippen LogP) is 2.59. The Labute approximate surface area is 108 Å². The van der Waals surface area contributed by atoms with Crippen LogP contribution in [0.15, 0.2) is 24.3 Å². The molecule has 7 heteroatoms. The van der Waals surface area contributed by atoms with Gasteiger partial charge in [-0.1, -0.05) is 17.7 Å². The maximum atomic E-state index is 5.86. The van der Waals surface area contributed by atoms with Crippen molar-refractivity contribution in [3.05, 3.63) is 35.1 Å². The van der Waals surface area contributed by atoms with E-state index in [9.17, 15) is 0 Å². The first-order valence-electron chi connectivity index (χ1n) is 4.76. The van der Waals surface area contributed by atoms with Crippen molar-refractivity contribution in [2.45, 2.75) is 5.88 Å². The summed E-state index contributed by atoms with van der Waals surface area (Å²) in [5.41, 5.74) is 6.30. The molecule has 0 unspecified atom stereocenters. The summed E-state index contributed by atoms with van der Waals surface area (Å²) in [5, 5.41) is 3.59. The maximum absolute atomic E-state index is 5.86. The Morgan fingerprint density at radius 2 is 2.06 bits per heavy atom. The number of hydrogen-bond acceptors (Lipinski definition) is 5. The van der Waals surface area contributed by atoms with Crippen molar-refractivity contribution >= 4 is 40.8 Å². The molecular formula is C10H9Cl2N5. The summed E-state index contributed by atoms with van der Waals surface area (Å²) in [6, 6.07) is 7.19. The molecule has 0 radical (unpaired) electrons. The minimum absolute atomic E-state index is 0.125. The third-order valence-corrected chi connectivity index (χ3v) is 2.37. The molecule has 0 aliphatic heterocycles. The molecule has 0 amide bonds. The largest absolute Gasteiger partial charge is 0.368 e. The van der Waals surface area contributed by atoms with Gasteiger partial charge in [-0.25, -0.2) is 0 Å². The van der Waals surface area contributed by atoms with E-state index < -0.39 is 0 Å². The Hall–Kier alpha value is -1.59. The molecule has 0 saturated carbocycles. The van der Waals surface area contributed by atoms with Gasteiger partial charge in [-0.2, -0.15) is 15.0 Å². The van der Waals surface area contributed by atoms with Gasteiger partial charge >= 0.3 is 0 Å². The van der Waals surface area contributed by atoms with Gasteiger partial charge in [0.2, 0.25) is 11.9 Å². The first-order chi connectivity index (χ1) is 8.17. The molecule has 5 nitrogen and oxygen atoms in total. The Morgan fingerprint density at radius 1 is 1.24 bits per heavy atom. The molecule has 0 bridgehead atoms. The summed E-state index contributed by atoms with van der Waals surface area (Å²) in [6.45, 7) is 0. The molecule has 17 heavy (non-hydrogen) atoms. The van der Waals surface area contributed by atoms with Gasteiger partial charge in [-0.3, -0.25) is 0 Å². The maximum Gasteiger partial charge on any atom is 0.232 e. The van der Waals surface area contributed by atoms with E-state index in [0.29, 0.717) is 16.8 Å². The van der Waals surface area contributed by atoms with Crippen LogP contribution < -0.4 is 11.1 Å². The number of nitrogens with two attached hydrogens (primary N) is 1. The van der Waals surface area contributed by atoms with E-state index in [0.717, 1.165) is 5.69 Å². The third kappa shape index (κ3) is 3.18. The number of alkyl halides is 1. The lowest BCUT2D eigenvalue weighted by molar-refractivity contribution is 0.979. The van der Waals surface area contributed by atoms with Gasteiger partial charge in [0.1, 0.15) is 0 Å². The van der Waals surface area contributed by atoms with Gasteiger partial charge < -0.3 is 11.1 Å². The highest BCUT2D eigenvalue weighted by molar-refractivity contribution is 6.30. The van der Waals surface area contributed by atoms with Gasteiger partial charge in [0, 0.05) is 10.7 Å². The van der Waals surface area contributed by atoms with Crippen LogP contribution in [0.4, 0.5) is 17.6 Å². The molecule has 1 aromatic carbocycles. The van der Waals surface area contributed by atoms with Crippen LogP contribution in [0, 0.1) is 0 Å². The lowest BCUT2D eigenvalue weighted by atomic mass is 10.3. The Kier molecular flexibility index (Phi) is 3.61. The molecule has 1 aromatic heterocycles. The van der Waals surface area contributed by atoms with Crippen molar-refractivity contribution in [3.8, 4) is 0 Å². The summed E-state index contributed by atoms with van der Waals surface area (Å²) < 4.78 is 0.